The Bertz CT molecular complexity index is 688. The van der Waals surface area contributed by atoms with Crippen molar-refractivity contribution < 1.29 is 9.53 Å². The number of morpholine rings is 1. The highest BCUT2D eigenvalue weighted by molar-refractivity contribution is 6.30. The van der Waals surface area contributed by atoms with Crippen LogP contribution < -0.4 is 10.6 Å². The first-order valence-electron chi connectivity index (χ1n) is 7.65. The quantitative estimate of drug-likeness (QED) is 0.903. The predicted octanol–water partition coefficient (Wildman–Crippen LogP) is 3.64. The Morgan fingerprint density at radius 2 is 2.00 bits per heavy atom. The second-order valence-corrected chi connectivity index (χ2v) is 6.12. The van der Waals surface area contributed by atoms with Gasteiger partial charge in [-0.3, -0.25) is 4.79 Å². The maximum absolute atomic E-state index is 12.3. The summed E-state index contributed by atoms with van der Waals surface area (Å²) in [6.07, 6.45) is 0.187. The zero-order chi connectivity index (χ0) is 16.2. The van der Waals surface area contributed by atoms with Crippen LogP contribution in [0, 0.1) is 0 Å². The second-order valence-electron chi connectivity index (χ2n) is 5.68. The smallest absolute Gasteiger partial charge is 0.255 e. The molecule has 5 heteroatoms. The van der Waals surface area contributed by atoms with Gasteiger partial charge in [-0.2, -0.15) is 0 Å². The van der Waals surface area contributed by atoms with Gasteiger partial charge in [-0.15, -0.1) is 0 Å². The third-order valence-electron chi connectivity index (χ3n) is 3.78. The van der Waals surface area contributed by atoms with Crippen molar-refractivity contribution in [1.82, 2.24) is 5.32 Å². The first kappa shape index (κ1) is 16.0. The molecule has 0 unspecified atom stereocenters. The number of benzene rings is 2. The number of halogens is 1. The summed E-state index contributed by atoms with van der Waals surface area (Å²) in [5, 5.41) is 6.87. The van der Waals surface area contributed by atoms with E-state index in [1.807, 2.05) is 31.2 Å². The summed E-state index contributed by atoms with van der Waals surface area (Å²) in [4.78, 5) is 12.3. The van der Waals surface area contributed by atoms with E-state index >= 15 is 0 Å². The van der Waals surface area contributed by atoms with Crippen molar-refractivity contribution in [2.24, 2.45) is 0 Å². The van der Waals surface area contributed by atoms with E-state index in [-0.39, 0.29) is 18.1 Å². The maximum Gasteiger partial charge on any atom is 0.255 e. The summed E-state index contributed by atoms with van der Waals surface area (Å²) >= 11 is 5.84. The van der Waals surface area contributed by atoms with Crippen LogP contribution in [-0.4, -0.2) is 25.1 Å². The number of hydrogen-bond acceptors (Lipinski definition) is 3. The topological polar surface area (TPSA) is 50.4 Å². The molecule has 0 aliphatic carbocycles. The summed E-state index contributed by atoms with van der Waals surface area (Å²) in [5.74, 6) is -0.158. The molecule has 0 aromatic heterocycles. The molecule has 1 aliphatic heterocycles. The fraction of sp³-hybridized carbons (Fsp3) is 0.278. The average molecular weight is 331 g/mol. The Morgan fingerprint density at radius 3 is 2.74 bits per heavy atom. The summed E-state index contributed by atoms with van der Waals surface area (Å²) in [7, 11) is 0. The van der Waals surface area contributed by atoms with Crippen LogP contribution in [0.3, 0.4) is 0 Å². The van der Waals surface area contributed by atoms with E-state index < -0.39 is 0 Å². The zero-order valence-corrected chi connectivity index (χ0v) is 13.6. The monoisotopic (exact) mass is 330 g/mol. The molecule has 1 amide bonds. The SMILES string of the molecule is C[C@@H]1CNC[C@H](c2cccc(NC(=O)c3ccc(Cl)cc3)c2)O1. The second kappa shape index (κ2) is 7.13. The molecule has 23 heavy (non-hydrogen) atoms. The van der Waals surface area contributed by atoms with E-state index in [4.69, 9.17) is 16.3 Å². The van der Waals surface area contributed by atoms with Crippen LogP contribution in [0.25, 0.3) is 0 Å². The molecule has 0 saturated carbocycles. The lowest BCUT2D eigenvalue weighted by Crippen LogP contribution is -2.38. The van der Waals surface area contributed by atoms with Crippen LogP contribution >= 0.6 is 11.6 Å². The van der Waals surface area contributed by atoms with Crippen LogP contribution in [0.1, 0.15) is 28.9 Å². The molecule has 1 saturated heterocycles. The number of amides is 1. The van der Waals surface area contributed by atoms with Crippen molar-refractivity contribution in [2.45, 2.75) is 19.1 Å². The highest BCUT2D eigenvalue weighted by atomic mass is 35.5. The van der Waals surface area contributed by atoms with Crippen molar-refractivity contribution in [2.75, 3.05) is 18.4 Å². The van der Waals surface area contributed by atoms with Gasteiger partial charge in [-0.1, -0.05) is 23.7 Å². The van der Waals surface area contributed by atoms with Crippen LogP contribution in [0.2, 0.25) is 5.02 Å². The number of carbonyl (C=O) groups is 1. The van der Waals surface area contributed by atoms with Gasteiger partial charge in [-0.25, -0.2) is 0 Å². The van der Waals surface area contributed by atoms with Crippen molar-refractivity contribution in [3.63, 3.8) is 0 Å². The van der Waals surface area contributed by atoms with E-state index in [0.717, 1.165) is 24.3 Å². The molecule has 3 rings (SSSR count). The minimum absolute atomic E-state index is 0.00568. The molecule has 2 aromatic rings. The van der Waals surface area contributed by atoms with Gasteiger partial charge in [0.1, 0.15) is 0 Å². The largest absolute Gasteiger partial charge is 0.368 e. The molecule has 4 nitrogen and oxygen atoms in total. The van der Waals surface area contributed by atoms with Gasteiger partial charge >= 0.3 is 0 Å². The number of carbonyl (C=O) groups excluding carboxylic acids is 1. The van der Waals surface area contributed by atoms with E-state index in [1.54, 1.807) is 24.3 Å². The van der Waals surface area contributed by atoms with Gasteiger partial charge in [-0.05, 0) is 48.9 Å². The Hall–Kier alpha value is -1.88. The molecular formula is C18H19ClN2O2. The highest BCUT2D eigenvalue weighted by Crippen LogP contribution is 2.24. The standard InChI is InChI=1S/C18H19ClN2O2/c1-12-10-20-11-17(23-12)14-3-2-4-16(9-14)21-18(22)13-5-7-15(19)8-6-13/h2-9,12,17,20H,10-11H2,1H3,(H,21,22)/t12-,17-/m1/s1. The molecule has 0 radical (unpaired) electrons. The number of anilines is 1. The Morgan fingerprint density at radius 1 is 1.22 bits per heavy atom. The molecule has 1 aliphatic rings. The summed E-state index contributed by atoms with van der Waals surface area (Å²) in [5.41, 5.74) is 2.38. The van der Waals surface area contributed by atoms with E-state index in [9.17, 15) is 4.79 Å². The lowest BCUT2D eigenvalue weighted by molar-refractivity contribution is -0.0286. The highest BCUT2D eigenvalue weighted by Gasteiger charge is 2.20. The van der Waals surface area contributed by atoms with Crippen LogP contribution in [0.4, 0.5) is 5.69 Å². The molecule has 2 aromatic carbocycles. The Labute approximate surface area is 140 Å². The fourth-order valence-corrected chi connectivity index (χ4v) is 2.74. The Kier molecular flexibility index (Phi) is 4.96. The third-order valence-corrected chi connectivity index (χ3v) is 4.03. The third kappa shape index (κ3) is 4.10. The van der Waals surface area contributed by atoms with Gasteiger partial charge in [0.2, 0.25) is 0 Å². The number of hydrogen-bond donors (Lipinski definition) is 2. The van der Waals surface area contributed by atoms with Crippen LogP contribution in [0.5, 0.6) is 0 Å². The number of nitrogens with one attached hydrogen (secondary N) is 2. The van der Waals surface area contributed by atoms with Gasteiger partial charge in [0, 0.05) is 29.4 Å². The summed E-state index contributed by atoms with van der Waals surface area (Å²) in [6.45, 7) is 3.69. The van der Waals surface area contributed by atoms with Gasteiger partial charge in [0.05, 0.1) is 12.2 Å². The molecule has 2 N–H and O–H groups in total. The molecule has 1 fully saturated rings. The average Bonchev–Trinajstić information content (AvgIpc) is 2.56. The van der Waals surface area contributed by atoms with E-state index in [1.165, 1.54) is 0 Å². The van der Waals surface area contributed by atoms with Crippen LogP contribution in [-0.2, 0) is 4.74 Å². The van der Waals surface area contributed by atoms with Crippen molar-refractivity contribution in [3.8, 4) is 0 Å². The molecular weight excluding hydrogens is 312 g/mol. The minimum atomic E-state index is -0.158. The first-order chi connectivity index (χ1) is 11.1. The lowest BCUT2D eigenvalue weighted by Gasteiger charge is -2.29. The molecule has 0 spiro atoms. The summed E-state index contributed by atoms with van der Waals surface area (Å²) < 4.78 is 5.94. The molecule has 1 heterocycles. The van der Waals surface area contributed by atoms with E-state index in [2.05, 4.69) is 10.6 Å². The van der Waals surface area contributed by atoms with E-state index in [0.29, 0.717) is 10.6 Å². The summed E-state index contributed by atoms with van der Waals surface area (Å²) in [6, 6.07) is 14.6. The molecule has 120 valence electrons. The Balaban J connectivity index is 1.72. The maximum atomic E-state index is 12.3. The minimum Gasteiger partial charge on any atom is -0.368 e. The predicted molar refractivity (Wildman–Crippen MR) is 92.0 cm³/mol. The van der Waals surface area contributed by atoms with Crippen LogP contribution in [0.15, 0.2) is 48.5 Å². The van der Waals surface area contributed by atoms with Gasteiger partial charge < -0.3 is 15.4 Å². The van der Waals surface area contributed by atoms with Gasteiger partial charge in [0.15, 0.2) is 0 Å². The van der Waals surface area contributed by atoms with Crippen molar-refractivity contribution in [1.29, 1.82) is 0 Å². The van der Waals surface area contributed by atoms with Crippen molar-refractivity contribution >= 4 is 23.2 Å². The van der Waals surface area contributed by atoms with Gasteiger partial charge in [0.25, 0.3) is 5.91 Å². The van der Waals surface area contributed by atoms with Crippen molar-refractivity contribution in [3.05, 3.63) is 64.7 Å². The number of rotatable bonds is 3. The zero-order valence-electron chi connectivity index (χ0n) is 12.9. The molecule has 2 atom stereocenters. The normalized spacial score (nSPS) is 21.0. The molecule has 0 bridgehead atoms. The number of ether oxygens (including phenoxy) is 1. The fourth-order valence-electron chi connectivity index (χ4n) is 2.61. The first-order valence-corrected chi connectivity index (χ1v) is 8.02. The lowest BCUT2D eigenvalue weighted by atomic mass is 10.1.